The molecule has 0 unspecified atom stereocenters. The van der Waals surface area contributed by atoms with Crippen molar-refractivity contribution in [1.29, 1.82) is 0 Å². The van der Waals surface area contributed by atoms with E-state index in [1.807, 2.05) is 11.3 Å². The van der Waals surface area contributed by atoms with Crippen LogP contribution in [0.15, 0.2) is 121 Å². The van der Waals surface area contributed by atoms with Crippen molar-refractivity contribution in [1.82, 2.24) is 0 Å². The molecule has 6 rings (SSSR count). The highest BCUT2D eigenvalue weighted by atomic mass is 32.1. The Morgan fingerprint density at radius 3 is 1.81 bits per heavy atom. The van der Waals surface area contributed by atoms with Crippen LogP contribution in [0.2, 0.25) is 0 Å². The van der Waals surface area contributed by atoms with Crippen molar-refractivity contribution in [2.24, 2.45) is 0 Å². The maximum Gasteiger partial charge on any atom is 0.0355 e. The molecule has 0 N–H and O–H groups in total. The summed E-state index contributed by atoms with van der Waals surface area (Å²) in [7, 11) is 0. The first kappa shape index (κ1) is 19.0. The Kier molecular flexibility index (Phi) is 4.82. The van der Waals surface area contributed by atoms with E-state index in [4.69, 9.17) is 0 Å². The second kappa shape index (κ2) is 8.11. The molecule has 1 aromatic heterocycles. The van der Waals surface area contributed by atoms with Gasteiger partial charge >= 0.3 is 0 Å². The predicted octanol–water partition coefficient (Wildman–Crippen LogP) is 8.98. The molecule has 0 aliphatic carbocycles. The second-order valence-corrected chi connectivity index (χ2v) is 9.25. The highest BCUT2D eigenvalue weighted by Crippen LogP contribution is 2.37. The first-order valence-electron chi connectivity index (χ1n) is 11.0. The van der Waals surface area contributed by atoms with Crippen LogP contribution >= 0.6 is 11.3 Å². The van der Waals surface area contributed by atoms with Gasteiger partial charge in [0.25, 0.3) is 0 Å². The average Bonchev–Trinajstić information content (AvgIpc) is 3.23. The molecule has 5 aromatic carbocycles. The van der Waals surface area contributed by atoms with Crippen molar-refractivity contribution in [3.8, 4) is 22.3 Å². The molecular weight excluding hydrogens is 404 g/mol. The number of hydrogen-bond donors (Lipinski definition) is 0. The van der Waals surface area contributed by atoms with Gasteiger partial charge in [-0.05, 0) is 58.0 Å². The van der Waals surface area contributed by atoms with E-state index in [9.17, 15) is 0 Å². The number of benzene rings is 5. The lowest BCUT2D eigenvalue weighted by atomic mass is 9.90. The van der Waals surface area contributed by atoms with Crippen LogP contribution in [0.3, 0.4) is 0 Å². The summed E-state index contributed by atoms with van der Waals surface area (Å²) in [5.41, 5.74) is 7.89. The molecule has 1 heteroatoms. The van der Waals surface area contributed by atoms with Crippen molar-refractivity contribution >= 4 is 31.5 Å². The zero-order valence-corrected chi connectivity index (χ0v) is 18.5. The number of thiophene rings is 1. The van der Waals surface area contributed by atoms with Gasteiger partial charge in [-0.1, -0.05) is 103 Å². The second-order valence-electron chi connectivity index (χ2n) is 8.17. The summed E-state index contributed by atoms with van der Waals surface area (Å²) in [5.74, 6) is 0. The molecule has 0 saturated carbocycles. The van der Waals surface area contributed by atoms with Gasteiger partial charge in [-0.25, -0.2) is 0 Å². The maximum atomic E-state index is 2.37. The normalized spacial score (nSPS) is 11.2. The Morgan fingerprint density at radius 2 is 1.03 bits per heavy atom. The topological polar surface area (TPSA) is 0 Å². The number of rotatable bonds is 4. The number of hydrogen-bond acceptors (Lipinski definition) is 1. The van der Waals surface area contributed by atoms with Crippen molar-refractivity contribution in [3.63, 3.8) is 0 Å². The summed E-state index contributed by atoms with van der Waals surface area (Å²) in [6.45, 7) is 0. The quantitative estimate of drug-likeness (QED) is 0.264. The van der Waals surface area contributed by atoms with Crippen LogP contribution in [-0.2, 0) is 6.42 Å². The smallest absolute Gasteiger partial charge is 0.0355 e. The van der Waals surface area contributed by atoms with E-state index >= 15 is 0 Å². The SMILES string of the molecule is c1ccc(-c2ccccc2Cc2ccccc2-c2ccc3sc4ccccc4c3c2)cc1. The van der Waals surface area contributed by atoms with Crippen molar-refractivity contribution in [2.75, 3.05) is 0 Å². The zero-order valence-electron chi connectivity index (χ0n) is 17.7. The summed E-state index contributed by atoms with van der Waals surface area (Å²) in [4.78, 5) is 0. The maximum absolute atomic E-state index is 2.37. The van der Waals surface area contributed by atoms with Crippen LogP contribution in [0.1, 0.15) is 11.1 Å². The van der Waals surface area contributed by atoms with Gasteiger partial charge in [0.15, 0.2) is 0 Å². The van der Waals surface area contributed by atoms with Crippen LogP contribution in [-0.4, -0.2) is 0 Å². The van der Waals surface area contributed by atoms with Gasteiger partial charge < -0.3 is 0 Å². The minimum atomic E-state index is 0.906. The van der Waals surface area contributed by atoms with Gasteiger partial charge in [0, 0.05) is 20.2 Å². The molecule has 0 spiro atoms. The van der Waals surface area contributed by atoms with Gasteiger partial charge in [-0.3, -0.25) is 0 Å². The lowest BCUT2D eigenvalue weighted by molar-refractivity contribution is 1.20. The highest BCUT2D eigenvalue weighted by Gasteiger charge is 2.11. The fourth-order valence-electron chi connectivity index (χ4n) is 4.63. The van der Waals surface area contributed by atoms with Crippen molar-refractivity contribution < 1.29 is 0 Å². The zero-order chi connectivity index (χ0) is 21.3. The fourth-order valence-corrected chi connectivity index (χ4v) is 5.72. The van der Waals surface area contributed by atoms with Gasteiger partial charge in [0.05, 0.1) is 0 Å². The third-order valence-corrected chi connectivity index (χ3v) is 7.34. The molecule has 0 saturated heterocycles. The van der Waals surface area contributed by atoms with Gasteiger partial charge in [-0.2, -0.15) is 0 Å². The minimum absolute atomic E-state index is 0.906. The standard InChI is InChI=1S/C31H22S/c1-2-10-22(11-3-1)26-14-6-4-12-23(26)20-24-13-5-7-15-27(24)25-18-19-31-29(21-25)28-16-8-9-17-30(28)32-31/h1-19,21H,20H2. The van der Waals surface area contributed by atoms with Gasteiger partial charge in [-0.15, -0.1) is 11.3 Å². The molecule has 32 heavy (non-hydrogen) atoms. The van der Waals surface area contributed by atoms with Crippen LogP contribution < -0.4 is 0 Å². The van der Waals surface area contributed by atoms with Crippen LogP contribution in [0.5, 0.6) is 0 Å². The third kappa shape index (κ3) is 3.41. The molecular formula is C31H22S. The van der Waals surface area contributed by atoms with Crippen LogP contribution in [0.25, 0.3) is 42.4 Å². The van der Waals surface area contributed by atoms with E-state index in [1.54, 1.807) is 0 Å². The summed E-state index contributed by atoms with van der Waals surface area (Å²) in [6.07, 6.45) is 0.906. The predicted molar refractivity (Wildman–Crippen MR) is 139 cm³/mol. The molecule has 0 aliphatic rings. The Morgan fingerprint density at radius 1 is 0.438 bits per heavy atom. The summed E-state index contributed by atoms with van der Waals surface area (Å²) >= 11 is 1.87. The van der Waals surface area contributed by atoms with Gasteiger partial charge in [0.1, 0.15) is 0 Å². The third-order valence-electron chi connectivity index (χ3n) is 6.19. The van der Waals surface area contributed by atoms with E-state index in [1.165, 1.54) is 53.6 Å². The molecule has 0 amide bonds. The van der Waals surface area contributed by atoms with Crippen LogP contribution in [0.4, 0.5) is 0 Å². The monoisotopic (exact) mass is 426 g/mol. The Balaban J connectivity index is 1.45. The van der Waals surface area contributed by atoms with Crippen molar-refractivity contribution in [2.45, 2.75) is 6.42 Å². The lowest BCUT2D eigenvalue weighted by Crippen LogP contribution is -1.95. The minimum Gasteiger partial charge on any atom is -0.135 e. The number of fused-ring (bicyclic) bond motifs is 3. The fraction of sp³-hybridized carbons (Fsp3) is 0.0323. The summed E-state index contributed by atoms with van der Waals surface area (Å²) in [5, 5.41) is 2.70. The highest BCUT2D eigenvalue weighted by molar-refractivity contribution is 7.25. The Labute approximate surface area is 192 Å². The molecule has 0 aliphatic heterocycles. The van der Waals surface area contributed by atoms with Gasteiger partial charge in [0.2, 0.25) is 0 Å². The molecule has 0 nitrogen and oxygen atoms in total. The molecule has 0 fully saturated rings. The van der Waals surface area contributed by atoms with E-state index in [2.05, 4.69) is 121 Å². The van der Waals surface area contributed by atoms with E-state index < -0.39 is 0 Å². The first-order valence-corrected chi connectivity index (χ1v) is 11.8. The van der Waals surface area contributed by atoms with E-state index in [-0.39, 0.29) is 0 Å². The van der Waals surface area contributed by atoms with E-state index in [0.29, 0.717) is 0 Å². The lowest BCUT2D eigenvalue weighted by Gasteiger charge is -2.14. The molecule has 152 valence electrons. The Hall–Kier alpha value is -3.68. The molecule has 0 bridgehead atoms. The average molecular weight is 427 g/mol. The van der Waals surface area contributed by atoms with E-state index in [0.717, 1.165) is 6.42 Å². The van der Waals surface area contributed by atoms with Crippen molar-refractivity contribution in [3.05, 3.63) is 132 Å². The molecule has 0 atom stereocenters. The first-order chi connectivity index (χ1) is 15.9. The Bertz CT molecular complexity index is 1540. The summed E-state index contributed by atoms with van der Waals surface area (Å²) < 4.78 is 2.70. The molecule has 6 aromatic rings. The largest absolute Gasteiger partial charge is 0.135 e. The molecule has 1 heterocycles. The van der Waals surface area contributed by atoms with Crippen LogP contribution in [0, 0.1) is 0 Å². The summed E-state index contributed by atoms with van der Waals surface area (Å²) in [6, 6.07) is 43.9. The molecule has 0 radical (unpaired) electrons.